The van der Waals surface area contributed by atoms with Gasteiger partial charge in [0, 0.05) is 48.6 Å². The molecule has 2 aromatic carbocycles. The van der Waals surface area contributed by atoms with Gasteiger partial charge in [0.25, 0.3) is 0 Å². The summed E-state index contributed by atoms with van der Waals surface area (Å²) in [5.41, 5.74) is 6.33. The third-order valence-electron chi connectivity index (χ3n) is 14.3. The molecule has 6 fully saturated rings. The molecule has 3 saturated heterocycles. The lowest BCUT2D eigenvalue weighted by molar-refractivity contribution is -0.148. The highest BCUT2D eigenvalue weighted by Crippen LogP contribution is 2.55. The van der Waals surface area contributed by atoms with Crippen molar-refractivity contribution >= 4 is 58.4 Å². The summed E-state index contributed by atoms with van der Waals surface area (Å²) < 4.78 is 15.4. The summed E-state index contributed by atoms with van der Waals surface area (Å²) in [5, 5.41) is 3.72. The Balaban J connectivity index is 0.804. The number of piperidine rings is 2. The molecule has 13 nitrogen and oxygen atoms in total. The number of nitrogens with zero attached hydrogens (tertiary/aromatic N) is 4. The van der Waals surface area contributed by atoms with Crippen molar-refractivity contribution < 1.29 is 33.4 Å². The van der Waals surface area contributed by atoms with Crippen LogP contribution >= 0.6 is 23.2 Å². The molecule has 1 aromatic heterocycles. The van der Waals surface area contributed by atoms with Gasteiger partial charge in [-0.25, -0.2) is 14.8 Å². The number of nitrogens with one attached hydrogen (secondary N) is 2. The Morgan fingerprint density at radius 2 is 1.39 bits per heavy atom. The van der Waals surface area contributed by atoms with Crippen molar-refractivity contribution in [1.29, 1.82) is 0 Å². The van der Waals surface area contributed by atoms with E-state index in [4.69, 9.17) is 47.4 Å². The van der Waals surface area contributed by atoms with Crippen LogP contribution in [0.25, 0.3) is 28.0 Å². The van der Waals surface area contributed by atoms with Crippen molar-refractivity contribution in [3.05, 3.63) is 70.2 Å². The molecular formula is C46H50Cl2N6O7. The average Bonchev–Trinajstić information content (AvgIpc) is 4.25. The normalized spacial score (nSPS) is 27.6. The zero-order valence-corrected chi connectivity index (χ0v) is 35.8. The van der Waals surface area contributed by atoms with E-state index in [9.17, 15) is 19.2 Å². The van der Waals surface area contributed by atoms with Gasteiger partial charge in [-0.2, -0.15) is 0 Å². The number of halogens is 2. The van der Waals surface area contributed by atoms with Crippen LogP contribution in [-0.4, -0.2) is 101 Å². The molecule has 3 aliphatic carbocycles. The predicted octanol–water partition coefficient (Wildman–Crippen LogP) is 7.54. The van der Waals surface area contributed by atoms with Crippen LogP contribution in [0.5, 0.6) is 0 Å². The van der Waals surface area contributed by atoms with Crippen LogP contribution in [0.1, 0.15) is 81.6 Å². The summed E-state index contributed by atoms with van der Waals surface area (Å²) in [7, 11) is 2.69. The summed E-state index contributed by atoms with van der Waals surface area (Å²) >= 11 is 13.6. The van der Waals surface area contributed by atoms with Crippen molar-refractivity contribution in [2.75, 3.05) is 27.4 Å². The Labute approximate surface area is 364 Å². The predicted molar refractivity (Wildman–Crippen MR) is 228 cm³/mol. The van der Waals surface area contributed by atoms with E-state index < -0.39 is 12.1 Å². The third kappa shape index (κ3) is 7.75. The fraction of sp³-hybridized carbons (Fsp3) is 0.522. The third-order valence-corrected chi connectivity index (χ3v) is 14.8. The quantitative estimate of drug-likeness (QED) is 0.140. The summed E-state index contributed by atoms with van der Waals surface area (Å²) in [6, 6.07) is 15.6. The van der Waals surface area contributed by atoms with Crippen molar-refractivity contribution in [2.24, 2.45) is 34.6 Å². The summed E-state index contributed by atoms with van der Waals surface area (Å²) in [5.74, 6) is 0.990. The minimum atomic E-state index is -0.685. The molecule has 0 radical (unpaired) electrons. The van der Waals surface area contributed by atoms with E-state index >= 15 is 0 Å². The number of alkyl carbamates (subject to hydrolysis) is 1. The molecule has 3 amide bonds. The maximum Gasteiger partial charge on any atom is 0.407 e. The Morgan fingerprint density at radius 3 is 2.02 bits per heavy atom. The van der Waals surface area contributed by atoms with Gasteiger partial charge in [-0.1, -0.05) is 71.7 Å². The molecular weight excluding hydrogens is 819 g/mol. The zero-order valence-electron chi connectivity index (χ0n) is 34.3. The van der Waals surface area contributed by atoms with Gasteiger partial charge < -0.3 is 34.3 Å². The number of methoxy groups -OCH3 is 2. The molecule has 5 heterocycles. The second-order valence-corrected chi connectivity index (χ2v) is 18.6. The molecule has 320 valence electrons. The lowest BCUT2D eigenvalue weighted by Crippen LogP contribution is -2.56. The van der Waals surface area contributed by atoms with Gasteiger partial charge in [0.05, 0.1) is 38.6 Å². The molecule has 10 rings (SSSR count). The van der Waals surface area contributed by atoms with Crippen LogP contribution in [-0.2, 0) is 28.6 Å². The zero-order chi connectivity index (χ0) is 42.1. The fourth-order valence-electron chi connectivity index (χ4n) is 10.6. The van der Waals surface area contributed by atoms with Crippen molar-refractivity contribution in [3.8, 4) is 22.4 Å². The van der Waals surface area contributed by atoms with Crippen LogP contribution in [0, 0.1) is 29.6 Å². The molecule has 4 aliphatic heterocycles. The fourth-order valence-corrected chi connectivity index (χ4v) is 11.1. The Morgan fingerprint density at radius 1 is 0.787 bits per heavy atom. The van der Waals surface area contributed by atoms with Crippen LogP contribution < -0.4 is 5.32 Å². The number of hydrogen-bond donors (Lipinski definition) is 2. The summed E-state index contributed by atoms with van der Waals surface area (Å²) in [6.07, 6.45) is 6.97. The van der Waals surface area contributed by atoms with E-state index in [-0.39, 0.29) is 66.1 Å². The summed E-state index contributed by atoms with van der Waals surface area (Å²) in [6.45, 7) is 1.12. The smallest absolute Gasteiger partial charge is 0.407 e. The highest BCUT2D eigenvalue weighted by atomic mass is 35.5. The number of carbonyl (C=O) groups excluding carboxylic acids is 4. The van der Waals surface area contributed by atoms with Gasteiger partial charge >= 0.3 is 12.1 Å². The number of allylic oxidation sites excluding steroid dienone is 1. The SMILES string of the molecule is COC(=O)C[C@H](C(=O)N1[C@@H]2C[C@@H]2C[C@H]1c1nc(-c2ccc(-c3ccc(C4=C(Cl)N=C([C@@H]5C[C@H]6C[C@H]6N5C(=O)[C@@H](NC(=O)OC)C5CCOCC5)C4)cc3)cc2)c(Cl)[nH]1)C1CC1. The molecule has 3 aromatic rings. The number of rotatable bonds is 12. The Hall–Kier alpha value is -4.72. The number of likely N-dealkylation sites (tertiary alicyclic amines) is 2. The first-order valence-corrected chi connectivity index (χ1v) is 22.4. The van der Waals surface area contributed by atoms with E-state index in [1.165, 1.54) is 14.2 Å². The number of imidazole rings is 1. The van der Waals surface area contributed by atoms with Crippen LogP contribution in [0.4, 0.5) is 4.79 Å². The minimum absolute atomic E-state index is 0.0289. The van der Waals surface area contributed by atoms with Crippen LogP contribution in [0.3, 0.4) is 0 Å². The largest absolute Gasteiger partial charge is 0.469 e. The monoisotopic (exact) mass is 868 g/mol. The first-order chi connectivity index (χ1) is 29.6. The maximum absolute atomic E-state index is 14.3. The number of H-pyrrole nitrogens is 1. The first kappa shape index (κ1) is 40.4. The number of ether oxygens (including phenoxy) is 3. The van der Waals surface area contributed by atoms with E-state index in [0.29, 0.717) is 66.1 Å². The Kier molecular flexibility index (Phi) is 10.7. The molecule has 8 atom stereocenters. The topological polar surface area (TPSA) is 156 Å². The van der Waals surface area contributed by atoms with E-state index in [0.717, 1.165) is 72.1 Å². The maximum atomic E-state index is 14.3. The van der Waals surface area contributed by atoms with Gasteiger partial charge in [-0.15, -0.1) is 0 Å². The van der Waals surface area contributed by atoms with E-state index in [2.05, 4.69) is 34.6 Å². The van der Waals surface area contributed by atoms with Gasteiger partial charge in [-0.3, -0.25) is 14.4 Å². The van der Waals surface area contributed by atoms with Gasteiger partial charge in [0.1, 0.15) is 27.9 Å². The first-order valence-electron chi connectivity index (χ1n) is 21.7. The number of aromatic amines is 1. The van der Waals surface area contributed by atoms with Crippen molar-refractivity contribution in [2.45, 2.75) is 94.4 Å². The molecule has 7 aliphatic rings. The lowest BCUT2D eigenvalue weighted by atomic mass is 9.90. The Bertz CT molecular complexity index is 2300. The number of esters is 1. The van der Waals surface area contributed by atoms with E-state index in [1.54, 1.807) is 0 Å². The average molecular weight is 870 g/mol. The van der Waals surface area contributed by atoms with Crippen LogP contribution in [0.2, 0.25) is 5.15 Å². The molecule has 0 spiro atoms. The number of carbonyl (C=O) groups is 4. The molecule has 0 bridgehead atoms. The molecule has 3 saturated carbocycles. The summed E-state index contributed by atoms with van der Waals surface area (Å²) in [4.78, 5) is 69.9. The minimum Gasteiger partial charge on any atom is -0.469 e. The molecule has 2 N–H and O–H groups in total. The number of amides is 3. The second kappa shape index (κ2) is 16.2. The molecule has 15 heteroatoms. The van der Waals surface area contributed by atoms with E-state index in [1.807, 2.05) is 34.1 Å². The number of benzene rings is 2. The second-order valence-electron chi connectivity index (χ2n) is 17.9. The van der Waals surface area contributed by atoms with Crippen LogP contribution in [0.15, 0.2) is 58.7 Å². The van der Waals surface area contributed by atoms with Gasteiger partial charge in [0.15, 0.2) is 0 Å². The molecule has 0 unspecified atom stereocenters. The lowest BCUT2D eigenvalue weighted by Gasteiger charge is -2.36. The van der Waals surface area contributed by atoms with Crippen molar-refractivity contribution in [3.63, 3.8) is 0 Å². The van der Waals surface area contributed by atoms with Gasteiger partial charge in [0.2, 0.25) is 11.8 Å². The number of fused-ring (bicyclic) bond motifs is 2. The number of aliphatic imine (C=N–C) groups is 1. The number of aromatic nitrogens is 2. The highest BCUT2D eigenvalue weighted by molar-refractivity contribution is 6.35. The highest BCUT2D eigenvalue weighted by Gasteiger charge is 2.58. The number of hydrogen-bond acceptors (Lipinski definition) is 9. The molecule has 61 heavy (non-hydrogen) atoms. The van der Waals surface area contributed by atoms with Gasteiger partial charge in [-0.05, 0) is 91.7 Å². The standard InChI is InChI=1S/C46H50Cl2N6O7/c1-59-38(55)22-32(26-9-10-26)44(56)54-35-18-30(35)20-37(54)43-50-39(42(48)52-43)27-11-5-24(6-12-27)23-3-7-25(8-4-23)31-21-33(49-41(31)47)36-19-29-17-34(29)53(36)45(57)40(51-46(58)60-2)28-13-15-61-16-14-28/h3-8,11-12,26,28-30,32,34-37,40H,9-10,13-22H2,1-2H3,(H,50,52)(H,51,58)/t29-,30-,32+,34-,35-,36+,37+,40+/m1/s1. The van der Waals surface area contributed by atoms with Crippen molar-refractivity contribution in [1.82, 2.24) is 25.1 Å².